The van der Waals surface area contributed by atoms with E-state index in [0.29, 0.717) is 11.8 Å². The first-order chi connectivity index (χ1) is 9.56. The third kappa shape index (κ3) is 3.25. The number of carbonyl (C=O) groups excluding carboxylic acids is 1. The molecule has 0 aromatic carbocycles. The molecular formula is C12H10N4O4. The van der Waals surface area contributed by atoms with Crippen LogP contribution >= 0.6 is 0 Å². The summed E-state index contributed by atoms with van der Waals surface area (Å²) < 4.78 is 0. The molecule has 0 saturated heterocycles. The summed E-state index contributed by atoms with van der Waals surface area (Å²) in [6.07, 6.45) is 3.40. The van der Waals surface area contributed by atoms with E-state index in [-0.39, 0.29) is 12.2 Å². The summed E-state index contributed by atoms with van der Waals surface area (Å²) in [4.78, 5) is 27.3. The van der Waals surface area contributed by atoms with Gasteiger partial charge in [-0.25, -0.2) is 4.79 Å². The Hall–Kier alpha value is -3.03. The fourth-order valence-corrected chi connectivity index (χ4v) is 1.38. The second-order valence-electron chi connectivity index (χ2n) is 3.78. The summed E-state index contributed by atoms with van der Waals surface area (Å²) in [5.41, 5.74) is 0.653. The summed E-state index contributed by atoms with van der Waals surface area (Å²) in [5.74, 6) is -3.37. The number of carboxylic acid groups (broad SMARTS) is 1. The molecule has 0 aliphatic carbocycles. The van der Waals surface area contributed by atoms with Crippen molar-refractivity contribution in [2.45, 2.75) is 6.54 Å². The molecule has 0 bridgehead atoms. The maximum atomic E-state index is 11.6. The van der Waals surface area contributed by atoms with Crippen LogP contribution in [0.25, 0.3) is 0 Å². The molecule has 0 atom stereocenters. The molecule has 0 saturated carbocycles. The molecule has 2 N–H and O–H groups in total. The molecule has 8 nitrogen and oxygen atoms in total. The Bertz CT molecular complexity index is 663. The molecule has 2 heterocycles. The zero-order valence-corrected chi connectivity index (χ0v) is 10.2. The number of rotatable bonds is 5. The number of carbonyl (C=O) groups is 2. The minimum absolute atomic E-state index is 0.0614. The SMILES string of the molecule is O=C(O)C(O)=CC(=O)c1cnn(Cc2ccccn2)n1. The molecule has 0 amide bonds. The van der Waals surface area contributed by atoms with Gasteiger partial charge in [-0.3, -0.25) is 9.78 Å². The minimum atomic E-state index is -1.58. The van der Waals surface area contributed by atoms with Crippen molar-refractivity contribution in [3.63, 3.8) is 0 Å². The topological polar surface area (TPSA) is 118 Å². The van der Waals surface area contributed by atoms with E-state index in [1.807, 2.05) is 6.07 Å². The van der Waals surface area contributed by atoms with Gasteiger partial charge < -0.3 is 10.2 Å². The number of carboxylic acids is 1. The second kappa shape index (κ2) is 5.74. The minimum Gasteiger partial charge on any atom is -0.502 e. The van der Waals surface area contributed by atoms with E-state index in [9.17, 15) is 9.59 Å². The second-order valence-corrected chi connectivity index (χ2v) is 3.78. The van der Waals surface area contributed by atoms with Crippen molar-refractivity contribution in [2.24, 2.45) is 0 Å². The van der Waals surface area contributed by atoms with Crippen LogP contribution in [-0.4, -0.2) is 41.9 Å². The van der Waals surface area contributed by atoms with Crippen molar-refractivity contribution in [2.75, 3.05) is 0 Å². The molecule has 20 heavy (non-hydrogen) atoms. The number of pyridine rings is 1. The molecule has 0 spiro atoms. The first-order valence-electron chi connectivity index (χ1n) is 5.54. The van der Waals surface area contributed by atoms with E-state index in [1.165, 1.54) is 11.0 Å². The maximum absolute atomic E-state index is 11.6. The fourth-order valence-electron chi connectivity index (χ4n) is 1.38. The zero-order valence-electron chi connectivity index (χ0n) is 10.2. The Morgan fingerprint density at radius 3 is 2.75 bits per heavy atom. The summed E-state index contributed by atoms with van der Waals surface area (Å²) in [7, 11) is 0. The van der Waals surface area contributed by atoms with E-state index < -0.39 is 17.5 Å². The largest absolute Gasteiger partial charge is 0.502 e. The van der Waals surface area contributed by atoms with Crippen molar-refractivity contribution in [3.8, 4) is 0 Å². The van der Waals surface area contributed by atoms with Gasteiger partial charge in [0.25, 0.3) is 0 Å². The standard InChI is InChI=1S/C12H10N4O4/c17-10(5-11(18)12(19)20)9-6-14-16(15-9)7-8-3-1-2-4-13-8/h1-6,18H,7H2,(H,19,20). The molecule has 0 aliphatic heterocycles. The molecule has 2 rings (SSSR count). The summed E-state index contributed by atoms with van der Waals surface area (Å²) in [5, 5.41) is 25.2. The molecule has 2 aromatic heterocycles. The van der Waals surface area contributed by atoms with Gasteiger partial charge in [-0.05, 0) is 12.1 Å². The third-order valence-corrected chi connectivity index (χ3v) is 2.31. The fraction of sp³-hybridized carbons (Fsp3) is 0.0833. The number of nitrogens with zero attached hydrogens (tertiary/aromatic N) is 4. The number of aliphatic hydroxyl groups excluding tert-OH is 1. The normalized spacial score (nSPS) is 11.3. The first kappa shape index (κ1) is 13.4. The third-order valence-electron chi connectivity index (χ3n) is 2.31. The van der Waals surface area contributed by atoms with Crippen molar-refractivity contribution in [1.82, 2.24) is 20.0 Å². The number of hydrogen-bond acceptors (Lipinski definition) is 6. The van der Waals surface area contributed by atoms with Gasteiger partial charge in [0.05, 0.1) is 11.9 Å². The molecule has 0 fully saturated rings. The quantitative estimate of drug-likeness (QED) is 0.461. The van der Waals surface area contributed by atoms with Crippen LogP contribution in [0.3, 0.4) is 0 Å². The van der Waals surface area contributed by atoms with Crippen LogP contribution in [0, 0.1) is 0 Å². The smallest absolute Gasteiger partial charge is 0.371 e. The summed E-state index contributed by atoms with van der Waals surface area (Å²) in [6.45, 7) is 0.281. The van der Waals surface area contributed by atoms with Crippen LogP contribution in [0.2, 0.25) is 0 Å². The van der Waals surface area contributed by atoms with Crippen LogP contribution < -0.4 is 0 Å². The van der Waals surface area contributed by atoms with Gasteiger partial charge in [-0.15, -0.1) is 5.10 Å². The number of aliphatic hydroxyl groups is 1. The molecule has 0 radical (unpaired) electrons. The Morgan fingerprint density at radius 1 is 1.30 bits per heavy atom. The highest BCUT2D eigenvalue weighted by molar-refractivity contribution is 6.06. The van der Waals surface area contributed by atoms with Crippen LogP contribution in [0.4, 0.5) is 0 Å². The van der Waals surface area contributed by atoms with Gasteiger partial charge in [0.1, 0.15) is 6.54 Å². The van der Waals surface area contributed by atoms with Crippen molar-refractivity contribution < 1.29 is 19.8 Å². The number of aromatic nitrogens is 4. The lowest BCUT2D eigenvalue weighted by Crippen LogP contribution is -2.07. The summed E-state index contributed by atoms with van der Waals surface area (Å²) >= 11 is 0. The molecular weight excluding hydrogens is 264 g/mol. The number of allylic oxidation sites excluding steroid dienone is 1. The predicted molar refractivity (Wildman–Crippen MR) is 66.0 cm³/mol. The monoisotopic (exact) mass is 274 g/mol. The highest BCUT2D eigenvalue weighted by Gasteiger charge is 2.13. The van der Waals surface area contributed by atoms with Gasteiger partial charge in [0.2, 0.25) is 11.5 Å². The number of ketones is 1. The molecule has 8 heteroatoms. The Balaban J connectivity index is 2.11. The number of hydrogen-bond donors (Lipinski definition) is 2. The lowest BCUT2D eigenvalue weighted by molar-refractivity contribution is -0.135. The maximum Gasteiger partial charge on any atom is 0.371 e. The van der Waals surface area contributed by atoms with Crippen LogP contribution in [0.1, 0.15) is 16.2 Å². The first-order valence-corrected chi connectivity index (χ1v) is 5.54. The lowest BCUT2D eigenvalue weighted by atomic mass is 10.2. The van der Waals surface area contributed by atoms with E-state index >= 15 is 0 Å². The van der Waals surface area contributed by atoms with E-state index in [4.69, 9.17) is 10.2 Å². The highest BCUT2D eigenvalue weighted by atomic mass is 16.4. The van der Waals surface area contributed by atoms with E-state index in [2.05, 4.69) is 15.2 Å². The lowest BCUT2D eigenvalue weighted by Gasteiger charge is -1.98. The van der Waals surface area contributed by atoms with Gasteiger partial charge >= 0.3 is 5.97 Å². The zero-order chi connectivity index (χ0) is 14.5. The van der Waals surface area contributed by atoms with Gasteiger partial charge in [0.15, 0.2) is 5.69 Å². The molecule has 0 aliphatic rings. The van der Waals surface area contributed by atoms with Crippen molar-refractivity contribution >= 4 is 11.8 Å². The van der Waals surface area contributed by atoms with Crippen LogP contribution in [0.15, 0.2) is 42.4 Å². The van der Waals surface area contributed by atoms with Crippen molar-refractivity contribution in [3.05, 3.63) is 53.8 Å². The van der Waals surface area contributed by atoms with Crippen molar-refractivity contribution in [1.29, 1.82) is 0 Å². The molecule has 102 valence electrons. The average molecular weight is 274 g/mol. The Labute approximate surface area is 113 Å². The van der Waals surface area contributed by atoms with E-state index in [1.54, 1.807) is 18.3 Å². The van der Waals surface area contributed by atoms with Crippen LogP contribution in [-0.2, 0) is 11.3 Å². The van der Waals surface area contributed by atoms with Gasteiger partial charge in [-0.2, -0.15) is 9.90 Å². The molecule has 2 aromatic rings. The number of aliphatic carboxylic acids is 1. The van der Waals surface area contributed by atoms with Crippen LogP contribution in [0.5, 0.6) is 0 Å². The highest BCUT2D eigenvalue weighted by Crippen LogP contribution is 2.01. The summed E-state index contributed by atoms with van der Waals surface area (Å²) in [6, 6.07) is 5.36. The van der Waals surface area contributed by atoms with E-state index in [0.717, 1.165) is 0 Å². The Kier molecular flexibility index (Phi) is 3.85. The predicted octanol–water partition coefficient (Wildman–Crippen LogP) is 0.431. The van der Waals surface area contributed by atoms with Gasteiger partial charge in [-0.1, -0.05) is 6.07 Å². The van der Waals surface area contributed by atoms with Gasteiger partial charge in [0, 0.05) is 12.3 Å². The average Bonchev–Trinajstić information content (AvgIpc) is 2.88. The molecule has 0 unspecified atom stereocenters. The Morgan fingerprint density at radius 2 is 2.10 bits per heavy atom.